The fourth-order valence-electron chi connectivity index (χ4n) is 3.73. The van der Waals surface area contributed by atoms with Crippen LogP contribution in [0.1, 0.15) is 6.42 Å². The highest BCUT2D eigenvalue weighted by molar-refractivity contribution is 6.08. The Morgan fingerprint density at radius 1 is 1.36 bits per heavy atom. The van der Waals surface area contributed by atoms with Gasteiger partial charge in [-0.05, 0) is 12.3 Å². The molecule has 5 heteroatoms. The Kier molecular flexibility index (Phi) is 1.05. The first-order chi connectivity index (χ1) is 6.52. The summed E-state index contributed by atoms with van der Waals surface area (Å²) in [6.07, 6.45) is 0.465. The van der Waals surface area contributed by atoms with Gasteiger partial charge in [-0.2, -0.15) is 0 Å². The molecule has 5 atom stereocenters. The smallest absolute Gasteiger partial charge is 0.311 e. The predicted octanol–water partition coefficient (Wildman–Crippen LogP) is -0.393. The fourth-order valence-corrected chi connectivity index (χ4v) is 3.73. The minimum absolute atomic E-state index is 0.134. The molecule has 0 aromatic heterocycles. The number of ketones is 1. The summed E-state index contributed by atoms with van der Waals surface area (Å²) >= 11 is 0. The number of carboxylic acids is 2. The first kappa shape index (κ1) is 7.96. The highest BCUT2D eigenvalue weighted by atomic mass is 16.4. The summed E-state index contributed by atoms with van der Waals surface area (Å²) in [5.74, 6) is -4.56. The second-order valence-corrected chi connectivity index (χ2v) is 4.38. The molecule has 0 heterocycles. The topological polar surface area (TPSA) is 91.7 Å². The molecule has 74 valence electrons. The van der Waals surface area contributed by atoms with Gasteiger partial charge < -0.3 is 10.2 Å². The van der Waals surface area contributed by atoms with E-state index in [4.69, 9.17) is 10.2 Å². The van der Waals surface area contributed by atoms with E-state index in [1.807, 2.05) is 0 Å². The maximum atomic E-state index is 11.5. The molecule has 14 heavy (non-hydrogen) atoms. The zero-order chi connectivity index (χ0) is 10.2. The van der Waals surface area contributed by atoms with Gasteiger partial charge in [-0.15, -0.1) is 0 Å². The first-order valence-corrected chi connectivity index (χ1v) is 4.52. The van der Waals surface area contributed by atoms with Crippen molar-refractivity contribution in [2.45, 2.75) is 6.42 Å². The van der Waals surface area contributed by atoms with Crippen molar-refractivity contribution in [2.24, 2.45) is 29.1 Å². The highest BCUT2D eigenvalue weighted by Crippen LogP contribution is 2.79. The third kappa shape index (κ3) is 0.492. The molecule has 4 fully saturated rings. The van der Waals surface area contributed by atoms with Gasteiger partial charge in [0.05, 0.1) is 11.3 Å². The zero-order valence-electron chi connectivity index (χ0n) is 7.14. The molecule has 0 radical (unpaired) electrons. The second-order valence-electron chi connectivity index (χ2n) is 4.38. The van der Waals surface area contributed by atoms with E-state index in [0.717, 1.165) is 0 Å². The lowest BCUT2D eigenvalue weighted by molar-refractivity contribution is -0.155. The Hall–Kier alpha value is -1.39. The van der Waals surface area contributed by atoms with Crippen LogP contribution in [0.3, 0.4) is 0 Å². The van der Waals surface area contributed by atoms with Crippen LogP contribution < -0.4 is 0 Å². The third-order valence-corrected chi connectivity index (χ3v) is 4.15. The Balaban J connectivity index is 2.13. The minimum atomic E-state index is -1.23. The Labute approximate surface area is 78.7 Å². The number of hydrogen-bond donors (Lipinski definition) is 2. The number of Topliss-reactive ketones (excluding diaryl/α,β-unsaturated/α-hetero) is 1. The van der Waals surface area contributed by atoms with Crippen LogP contribution in [0.15, 0.2) is 0 Å². The van der Waals surface area contributed by atoms with Crippen LogP contribution in [0, 0.1) is 29.1 Å². The number of rotatable bonds is 2. The molecule has 2 N–H and O–H groups in total. The van der Waals surface area contributed by atoms with E-state index < -0.39 is 35.1 Å². The van der Waals surface area contributed by atoms with Gasteiger partial charge in [0.1, 0.15) is 5.78 Å². The van der Waals surface area contributed by atoms with Gasteiger partial charge in [-0.25, -0.2) is 0 Å². The number of carbonyl (C=O) groups excluding carboxylic acids is 1. The molecule has 0 amide bonds. The fraction of sp³-hybridized carbons (Fsp3) is 0.667. The lowest BCUT2D eigenvalue weighted by atomic mass is 9.89. The summed E-state index contributed by atoms with van der Waals surface area (Å²) in [6, 6.07) is 0. The molecule has 0 saturated heterocycles. The quantitative estimate of drug-likeness (QED) is 0.627. The van der Waals surface area contributed by atoms with Crippen molar-refractivity contribution in [3.05, 3.63) is 0 Å². The minimum Gasteiger partial charge on any atom is -0.481 e. The van der Waals surface area contributed by atoms with E-state index in [2.05, 4.69) is 0 Å². The molecule has 0 spiro atoms. The van der Waals surface area contributed by atoms with Crippen molar-refractivity contribution in [3.63, 3.8) is 0 Å². The van der Waals surface area contributed by atoms with E-state index in [0.29, 0.717) is 6.42 Å². The van der Waals surface area contributed by atoms with E-state index in [1.54, 1.807) is 0 Å². The molecule has 0 aliphatic heterocycles. The third-order valence-electron chi connectivity index (χ3n) is 4.15. The van der Waals surface area contributed by atoms with E-state index in [1.165, 1.54) is 0 Å². The second kappa shape index (κ2) is 1.85. The average Bonchev–Trinajstić information content (AvgIpc) is 2.39. The van der Waals surface area contributed by atoms with Gasteiger partial charge in [-0.3, -0.25) is 14.4 Å². The van der Waals surface area contributed by atoms with Crippen molar-refractivity contribution in [3.8, 4) is 0 Å². The van der Waals surface area contributed by atoms with Crippen molar-refractivity contribution in [1.29, 1.82) is 0 Å². The average molecular weight is 196 g/mol. The highest BCUT2D eigenvalue weighted by Gasteiger charge is 2.89. The van der Waals surface area contributed by atoms with Crippen molar-refractivity contribution >= 4 is 17.7 Å². The largest absolute Gasteiger partial charge is 0.481 e. The molecular formula is C9H8O5. The van der Waals surface area contributed by atoms with Crippen LogP contribution in [0.25, 0.3) is 0 Å². The van der Waals surface area contributed by atoms with Gasteiger partial charge in [0, 0.05) is 11.8 Å². The Morgan fingerprint density at radius 2 is 2.00 bits per heavy atom. The SMILES string of the molecule is O=C(O)C1C2CC3C(C2=O)C31C(=O)O. The Morgan fingerprint density at radius 3 is 2.29 bits per heavy atom. The molecule has 0 aromatic rings. The molecule has 5 unspecified atom stereocenters. The lowest BCUT2D eigenvalue weighted by Gasteiger charge is -2.13. The molecule has 5 nitrogen and oxygen atoms in total. The van der Waals surface area contributed by atoms with Gasteiger partial charge in [-0.1, -0.05) is 0 Å². The molecule has 4 aliphatic carbocycles. The van der Waals surface area contributed by atoms with Crippen LogP contribution >= 0.6 is 0 Å². The standard InChI is InChI=1S/C9H8O5/c10-6-2-1-3-5(6)9(3,8(13)14)4(2)7(11)12/h2-5H,1H2,(H,11,12)(H,13,14). The summed E-state index contributed by atoms with van der Waals surface area (Å²) in [5.41, 5.74) is -1.23. The predicted molar refractivity (Wildman–Crippen MR) is 41.3 cm³/mol. The zero-order valence-corrected chi connectivity index (χ0v) is 7.14. The van der Waals surface area contributed by atoms with Crippen LogP contribution in [0.4, 0.5) is 0 Å². The number of aliphatic carboxylic acids is 2. The van der Waals surface area contributed by atoms with Crippen LogP contribution in [-0.2, 0) is 14.4 Å². The Bertz CT molecular complexity index is 383. The molecule has 4 aliphatic rings. The summed E-state index contributed by atoms with van der Waals surface area (Å²) in [6.45, 7) is 0. The maximum Gasteiger partial charge on any atom is 0.311 e. The lowest BCUT2D eigenvalue weighted by Crippen LogP contribution is -2.31. The van der Waals surface area contributed by atoms with Crippen molar-refractivity contribution < 1.29 is 24.6 Å². The van der Waals surface area contributed by atoms with Gasteiger partial charge in [0.2, 0.25) is 0 Å². The van der Waals surface area contributed by atoms with Gasteiger partial charge in [0.15, 0.2) is 0 Å². The van der Waals surface area contributed by atoms with Crippen molar-refractivity contribution in [2.75, 3.05) is 0 Å². The van der Waals surface area contributed by atoms with Crippen molar-refractivity contribution in [1.82, 2.24) is 0 Å². The van der Waals surface area contributed by atoms with E-state index in [-0.39, 0.29) is 11.7 Å². The normalized spacial score (nSPS) is 52.1. The summed E-state index contributed by atoms with van der Waals surface area (Å²) in [4.78, 5) is 33.4. The molecule has 4 saturated carbocycles. The number of hydrogen-bond acceptors (Lipinski definition) is 3. The number of carbonyl (C=O) groups is 3. The van der Waals surface area contributed by atoms with Gasteiger partial charge in [0.25, 0.3) is 0 Å². The maximum absolute atomic E-state index is 11.5. The van der Waals surface area contributed by atoms with Gasteiger partial charge >= 0.3 is 11.9 Å². The summed E-state index contributed by atoms with van der Waals surface area (Å²) in [7, 11) is 0. The van der Waals surface area contributed by atoms with E-state index in [9.17, 15) is 14.4 Å². The molecule has 4 bridgehead atoms. The monoisotopic (exact) mass is 196 g/mol. The molecule has 4 rings (SSSR count). The number of carboxylic acid groups (broad SMARTS) is 2. The van der Waals surface area contributed by atoms with Crippen LogP contribution in [0.5, 0.6) is 0 Å². The summed E-state index contributed by atoms with van der Waals surface area (Å²) in [5, 5.41) is 18.0. The summed E-state index contributed by atoms with van der Waals surface area (Å²) < 4.78 is 0. The molecule has 0 aromatic carbocycles. The van der Waals surface area contributed by atoms with Crippen LogP contribution in [-0.4, -0.2) is 27.9 Å². The van der Waals surface area contributed by atoms with E-state index >= 15 is 0 Å². The molecular weight excluding hydrogens is 188 g/mol. The first-order valence-electron chi connectivity index (χ1n) is 4.52. The van der Waals surface area contributed by atoms with Crippen LogP contribution in [0.2, 0.25) is 0 Å².